The summed E-state index contributed by atoms with van der Waals surface area (Å²) in [6.07, 6.45) is 4.90. The third-order valence-electron chi connectivity index (χ3n) is 2.91. The lowest BCUT2D eigenvalue weighted by molar-refractivity contribution is -0.138. The molecule has 0 bridgehead atoms. The van der Waals surface area contributed by atoms with Crippen molar-refractivity contribution >= 4 is 5.97 Å². The van der Waals surface area contributed by atoms with Crippen LogP contribution in [0.4, 0.5) is 0 Å². The van der Waals surface area contributed by atoms with E-state index in [4.69, 9.17) is 10.8 Å². The van der Waals surface area contributed by atoms with E-state index in [-0.39, 0.29) is 6.54 Å². The van der Waals surface area contributed by atoms with Crippen molar-refractivity contribution in [1.29, 1.82) is 0 Å². The average Bonchev–Trinajstić information content (AvgIpc) is 2.63. The number of aromatic nitrogens is 2. The van der Waals surface area contributed by atoms with Gasteiger partial charge in [-0.3, -0.25) is 4.79 Å². The first kappa shape index (κ1) is 10.2. The van der Waals surface area contributed by atoms with Crippen molar-refractivity contribution in [2.75, 3.05) is 6.54 Å². The number of hydrogen-bond acceptors (Lipinski definition) is 3. The summed E-state index contributed by atoms with van der Waals surface area (Å²) in [6.45, 7) is 1.05. The van der Waals surface area contributed by atoms with Gasteiger partial charge in [0.1, 0.15) is 5.92 Å². The summed E-state index contributed by atoms with van der Waals surface area (Å²) in [4.78, 5) is 15.2. The highest BCUT2D eigenvalue weighted by molar-refractivity contribution is 5.76. The molecule has 2 rings (SSSR count). The van der Waals surface area contributed by atoms with E-state index in [2.05, 4.69) is 4.98 Å². The second kappa shape index (κ2) is 4.02. The Bertz CT molecular complexity index is 373. The van der Waals surface area contributed by atoms with Crippen molar-refractivity contribution in [3.8, 4) is 0 Å². The van der Waals surface area contributed by atoms with Crippen LogP contribution in [0.15, 0.2) is 6.33 Å². The summed E-state index contributed by atoms with van der Waals surface area (Å²) in [5.41, 5.74) is 7.18. The summed E-state index contributed by atoms with van der Waals surface area (Å²) in [5, 5.41) is 9.02. The van der Waals surface area contributed by atoms with Gasteiger partial charge in [0.15, 0.2) is 0 Å². The van der Waals surface area contributed by atoms with Gasteiger partial charge >= 0.3 is 5.97 Å². The largest absolute Gasteiger partial charge is 0.481 e. The minimum absolute atomic E-state index is 0.110. The molecule has 0 aromatic carbocycles. The molecular weight excluding hydrogens is 194 g/mol. The summed E-state index contributed by atoms with van der Waals surface area (Å²) < 4.78 is 2.05. The lowest BCUT2D eigenvalue weighted by Crippen LogP contribution is -2.23. The number of aliphatic carboxylic acids is 1. The third-order valence-corrected chi connectivity index (χ3v) is 2.91. The fourth-order valence-electron chi connectivity index (χ4n) is 2.08. The van der Waals surface area contributed by atoms with Gasteiger partial charge in [0.05, 0.1) is 12.0 Å². The van der Waals surface area contributed by atoms with Gasteiger partial charge in [0, 0.05) is 18.8 Å². The van der Waals surface area contributed by atoms with Crippen LogP contribution in [0.1, 0.15) is 30.1 Å². The van der Waals surface area contributed by atoms with Crippen LogP contribution < -0.4 is 5.73 Å². The number of aryl methyl sites for hydroxylation is 1. The monoisotopic (exact) mass is 209 g/mol. The van der Waals surface area contributed by atoms with Crippen molar-refractivity contribution in [3.05, 3.63) is 17.7 Å². The molecular formula is C10H15N3O2. The van der Waals surface area contributed by atoms with Gasteiger partial charge in [0.25, 0.3) is 0 Å². The van der Waals surface area contributed by atoms with Gasteiger partial charge in [-0.25, -0.2) is 4.98 Å². The molecule has 5 nitrogen and oxygen atoms in total. The van der Waals surface area contributed by atoms with Gasteiger partial charge in [0.2, 0.25) is 0 Å². The fraction of sp³-hybridized carbons (Fsp3) is 0.600. The van der Waals surface area contributed by atoms with E-state index in [1.807, 2.05) is 4.57 Å². The number of hydrogen-bond donors (Lipinski definition) is 2. The summed E-state index contributed by atoms with van der Waals surface area (Å²) in [5.74, 6) is -1.54. The molecule has 0 spiro atoms. The molecule has 82 valence electrons. The fourth-order valence-corrected chi connectivity index (χ4v) is 2.08. The lowest BCUT2D eigenvalue weighted by Gasteiger charge is -2.17. The van der Waals surface area contributed by atoms with Crippen LogP contribution in [0.5, 0.6) is 0 Å². The van der Waals surface area contributed by atoms with Crippen molar-refractivity contribution in [3.63, 3.8) is 0 Å². The highest BCUT2D eigenvalue weighted by Gasteiger charge is 2.26. The molecule has 1 aliphatic heterocycles. The minimum Gasteiger partial charge on any atom is -0.481 e. The lowest BCUT2D eigenvalue weighted by atomic mass is 9.99. The highest BCUT2D eigenvalue weighted by atomic mass is 16.4. The number of carboxylic acid groups (broad SMARTS) is 1. The number of imidazole rings is 1. The Kier molecular flexibility index (Phi) is 2.73. The van der Waals surface area contributed by atoms with Crippen molar-refractivity contribution in [2.24, 2.45) is 5.73 Å². The van der Waals surface area contributed by atoms with E-state index >= 15 is 0 Å². The van der Waals surface area contributed by atoms with Crippen LogP contribution in [0.25, 0.3) is 0 Å². The van der Waals surface area contributed by atoms with Crippen LogP contribution in [0, 0.1) is 0 Å². The van der Waals surface area contributed by atoms with Crippen molar-refractivity contribution in [1.82, 2.24) is 9.55 Å². The maximum atomic E-state index is 11.0. The summed E-state index contributed by atoms with van der Waals surface area (Å²) in [7, 11) is 0. The molecule has 1 aromatic heterocycles. The summed E-state index contributed by atoms with van der Waals surface area (Å²) >= 11 is 0. The van der Waals surface area contributed by atoms with Gasteiger partial charge in [-0.05, 0) is 19.3 Å². The van der Waals surface area contributed by atoms with Crippen molar-refractivity contribution in [2.45, 2.75) is 31.7 Å². The molecule has 2 heterocycles. The highest BCUT2D eigenvalue weighted by Crippen LogP contribution is 2.23. The van der Waals surface area contributed by atoms with E-state index < -0.39 is 11.9 Å². The van der Waals surface area contributed by atoms with E-state index in [1.165, 1.54) is 0 Å². The topological polar surface area (TPSA) is 81.1 Å². The molecule has 0 radical (unpaired) electrons. The van der Waals surface area contributed by atoms with Crippen LogP contribution >= 0.6 is 0 Å². The average molecular weight is 209 g/mol. The van der Waals surface area contributed by atoms with Crippen LogP contribution in [0.3, 0.4) is 0 Å². The van der Waals surface area contributed by atoms with Gasteiger partial charge in [-0.15, -0.1) is 0 Å². The standard InChI is InChI=1S/C10H15N3O2/c11-5-7(10(14)15)9-8-3-1-2-4-13(8)6-12-9/h6-7H,1-5,11H2,(H,14,15). The number of carbonyl (C=O) groups is 1. The second-order valence-electron chi connectivity index (χ2n) is 3.85. The number of fused-ring (bicyclic) bond motifs is 1. The SMILES string of the molecule is NCC(C(=O)O)c1ncn2c1CCCC2. The third kappa shape index (κ3) is 1.74. The predicted molar refractivity (Wildman–Crippen MR) is 54.6 cm³/mol. The predicted octanol–water partition coefficient (Wildman–Crippen LogP) is 0.346. The Morgan fingerprint density at radius 3 is 3.13 bits per heavy atom. The number of nitrogens with zero attached hydrogens (tertiary/aromatic N) is 2. The van der Waals surface area contributed by atoms with E-state index in [0.29, 0.717) is 5.69 Å². The molecule has 0 saturated carbocycles. The molecule has 1 aromatic rings. The smallest absolute Gasteiger partial charge is 0.313 e. The molecule has 0 aliphatic carbocycles. The Labute approximate surface area is 87.9 Å². The number of nitrogens with two attached hydrogens (primary N) is 1. The molecule has 1 unspecified atom stereocenters. The van der Waals surface area contributed by atoms with Crippen LogP contribution in [0.2, 0.25) is 0 Å². The minimum atomic E-state index is -0.885. The Morgan fingerprint density at radius 1 is 1.67 bits per heavy atom. The molecule has 3 N–H and O–H groups in total. The quantitative estimate of drug-likeness (QED) is 0.752. The van der Waals surface area contributed by atoms with Crippen LogP contribution in [-0.2, 0) is 17.8 Å². The van der Waals surface area contributed by atoms with Crippen molar-refractivity contribution < 1.29 is 9.90 Å². The van der Waals surface area contributed by atoms with E-state index in [9.17, 15) is 4.79 Å². The second-order valence-corrected chi connectivity index (χ2v) is 3.85. The maximum absolute atomic E-state index is 11.0. The van der Waals surface area contributed by atoms with Crippen LogP contribution in [-0.4, -0.2) is 27.2 Å². The first-order chi connectivity index (χ1) is 7.24. The first-order valence-corrected chi connectivity index (χ1v) is 5.20. The zero-order valence-corrected chi connectivity index (χ0v) is 8.52. The zero-order valence-electron chi connectivity index (χ0n) is 8.52. The van der Waals surface area contributed by atoms with Gasteiger partial charge in [-0.2, -0.15) is 0 Å². The Hall–Kier alpha value is -1.36. The molecule has 15 heavy (non-hydrogen) atoms. The maximum Gasteiger partial charge on any atom is 0.313 e. The molecule has 5 heteroatoms. The Balaban J connectivity index is 2.35. The zero-order chi connectivity index (χ0) is 10.8. The molecule has 0 amide bonds. The molecule has 1 atom stereocenters. The van der Waals surface area contributed by atoms with Gasteiger partial charge in [-0.1, -0.05) is 0 Å². The van der Waals surface area contributed by atoms with E-state index in [0.717, 1.165) is 31.5 Å². The number of carboxylic acids is 1. The number of rotatable bonds is 3. The molecule has 0 saturated heterocycles. The molecule has 0 fully saturated rings. The normalized spacial score (nSPS) is 17.1. The molecule has 1 aliphatic rings. The Morgan fingerprint density at radius 2 is 2.47 bits per heavy atom. The first-order valence-electron chi connectivity index (χ1n) is 5.20. The summed E-state index contributed by atoms with van der Waals surface area (Å²) in [6, 6.07) is 0. The van der Waals surface area contributed by atoms with Gasteiger partial charge < -0.3 is 15.4 Å². The van der Waals surface area contributed by atoms with E-state index in [1.54, 1.807) is 6.33 Å².